The van der Waals surface area contributed by atoms with E-state index in [2.05, 4.69) is 27.3 Å². The van der Waals surface area contributed by atoms with Crippen LogP contribution in [0.25, 0.3) is 0 Å². The van der Waals surface area contributed by atoms with Gasteiger partial charge in [-0.15, -0.1) is 0 Å². The first-order chi connectivity index (χ1) is 10.2. The molecule has 106 valence electrons. The number of hydrogen-bond acceptors (Lipinski definition) is 3. The molecule has 2 aromatic carbocycles. The number of halogens is 2. The smallest absolute Gasteiger partial charge is 0.127 e. The predicted octanol–water partition coefficient (Wildman–Crippen LogP) is 4.52. The molecule has 0 bridgehead atoms. The molecule has 5 heteroatoms. The molecule has 1 N–H and O–H groups in total. The van der Waals surface area contributed by atoms with Gasteiger partial charge in [0.25, 0.3) is 0 Å². The standard InChI is InChI=1S/C16H12BrClN2O/c17-14-5-10(8-19)1-2-15(14)20-9-12-7-13(18)6-11-3-4-21-16(11)12/h1-2,5-7,20H,3-4,9H2. The molecule has 0 aliphatic carbocycles. The SMILES string of the molecule is N#Cc1ccc(NCc2cc(Cl)cc3c2OCC3)c(Br)c1. The molecular weight excluding hydrogens is 352 g/mol. The lowest BCUT2D eigenvalue weighted by Gasteiger charge is -2.12. The maximum absolute atomic E-state index is 8.87. The summed E-state index contributed by atoms with van der Waals surface area (Å²) in [6.45, 7) is 1.33. The van der Waals surface area contributed by atoms with Gasteiger partial charge in [0.2, 0.25) is 0 Å². The molecule has 2 aromatic rings. The topological polar surface area (TPSA) is 45.0 Å². The van der Waals surface area contributed by atoms with Gasteiger partial charge in [-0.3, -0.25) is 0 Å². The first-order valence-electron chi connectivity index (χ1n) is 6.55. The summed E-state index contributed by atoms with van der Waals surface area (Å²) in [7, 11) is 0. The Hall–Kier alpha value is -1.70. The van der Waals surface area contributed by atoms with Crippen LogP contribution in [0.4, 0.5) is 5.69 Å². The molecule has 1 aliphatic rings. The maximum atomic E-state index is 8.87. The second-order valence-corrected chi connectivity index (χ2v) is 6.10. The van der Waals surface area contributed by atoms with Crippen LogP contribution in [0.3, 0.4) is 0 Å². The van der Waals surface area contributed by atoms with Crippen LogP contribution in [0, 0.1) is 11.3 Å². The van der Waals surface area contributed by atoms with Crippen molar-refractivity contribution in [2.45, 2.75) is 13.0 Å². The summed E-state index contributed by atoms with van der Waals surface area (Å²) in [5, 5.41) is 12.9. The summed E-state index contributed by atoms with van der Waals surface area (Å²) >= 11 is 9.62. The summed E-state index contributed by atoms with van der Waals surface area (Å²) in [5.41, 5.74) is 3.77. The minimum Gasteiger partial charge on any atom is -0.493 e. The zero-order valence-electron chi connectivity index (χ0n) is 11.1. The molecule has 1 heterocycles. The average molecular weight is 364 g/mol. The van der Waals surface area contributed by atoms with Gasteiger partial charge in [-0.2, -0.15) is 5.26 Å². The molecule has 21 heavy (non-hydrogen) atoms. The van der Waals surface area contributed by atoms with Gasteiger partial charge in [-0.25, -0.2) is 0 Å². The Morgan fingerprint density at radius 3 is 2.95 bits per heavy atom. The number of rotatable bonds is 3. The molecule has 0 spiro atoms. The lowest BCUT2D eigenvalue weighted by molar-refractivity contribution is 0.354. The number of nitrogens with zero attached hydrogens (tertiary/aromatic N) is 1. The quantitative estimate of drug-likeness (QED) is 0.872. The van der Waals surface area contributed by atoms with E-state index in [-0.39, 0.29) is 0 Å². The lowest BCUT2D eigenvalue weighted by Crippen LogP contribution is -2.02. The van der Waals surface area contributed by atoms with E-state index in [1.54, 1.807) is 12.1 Å². The number of hydrogen-bond donors (Lipinski definition) is 1. The lowest BCUT2D eigenvalue weighted by atomic mass is 10.1. The Bertz CT molecular complexity index is 740. The Balaban J connectivity index is 1.81. The van der Waals surface area contributed by atoms with E-state index in [0.29, 0.717) is 18.7 Å². The van der Waals surface area contributed by atoms with Crippen LogP contribution < -0.4 is 10.1 Å². The van der Waals surface area contributed by atoms with E-state index >= 15 is 0 Å². The maximum Gasteiger partial charge on any atom is 0.127 e. The monoisotopic (exact) mass is 362 g/mol. The molecule has 0 fully saturated rings. The molecule has 0 saturated heterocycles. The van der Waals surface area contributed by atoms with E-state index in [1.807, 2.05) is 18.2 Å². The van der Waals surface area contributed by atoms with Gasteiger partial charge in [0.1, 0.15) is 5.75 Å². The number of fused-ring (bicyclic) bond motifs is 1. The third-order valence-electron chi connectivity index (χ3n) is 3.39. The highest BCUT2D eigenvalue weighted by Crippen LogP contribution is 2.33. The summed E-state index contributed by atoms with van der Waals surface area (Å²) in [5.74, 6) is 0.941. The molecule has 0 atom stereocenters. The van der Waals surface area contributed by atoms with Crippen molar-refractivity contribution in [3.05, 3.63) is 56.5 Å². The van der Waals surface area contributed by atoms with Crippen molar-refractivity contribution in [2.24, 2.45) is 0 Å². The fourth-order valence-electron chi connectivity index (χ4n) is 2.40. The van der Waals surface area contributed by atoms with E-state index in [0.717, 1.165) is 38.5 Å². The zero-order valence-corrected chi connectivity index (χ0v) is 13.5. The third-order valence-corrected chi connectivity index (χ3v) is 4.27. The van der Waals surface area contributed by atoms with Crippen molar-refractivity contribution >= 4 is 33.2 Å². The van der Waals surface area contributed by atoms with Crippen LogP contribution in [-0.2, 0) is 13.0 Å². The van der Waals surface area contributed by atoms with Gasteiger partial charge in [0.15, 0.2) is 0 Å². The van der Waals surface area contributed by atoms with Crippen LogP contribution in [0.5, 0.6) is 5.75 Å². The van der Waals surface area contributed by atoms with Crippen molar-refractivity contribution in [1.82, 2.24) is 0 Å². The minimum absolute atomic E-state index is 0.618. The highest BCUT2D eigenvalue weighted by atomic mass is 79.9. The Morgan fingerprint density at radius 2 is 2.19 bits per heavy atom. The van der Waals surface area contributed by atoms with Crippen LogP contribution in [0.15, 0.2) is 34.8 Å². The molecule has 0 aromatic heterocycles. The molecule has 0 amide bonds. The molecular formula is C16H12BrClN2O. The summed E-state index contributed by atoms with van der Waals surface area (Å²) in [4.78, 5) is 0. The average Bonchev–Trinajstić information content (AvgIpc) is 2.93. The van der Waals surface area contributed by atoms with E-state index in [1.165, 1.54) is 0 Å². The predicted molar refractivity (Wildman–Crippen MR) is 86.8 cm³/mol. The van der Waals surface area contributed by atoms with Crippen molar-refractivity contribution in [3.63, 3.8) is 0 Å². The zero-order chi connectivity index (χ0) is 14.8. The molecule has 0 saturated carbocycles. The minimum atomic E-state index is 0.618. The van der Waals surface area contributed by atoms with Gasteiger partial charge < -0.3 is 10.1 Å². The Labute approximate surface area is 136 Å². The molecule has 1 aliphatic heterocycles. The normalized spacial score (nSPS) is 12.4. The van der Waals surface area contributed by atoms with Crippen molar-refractivity contribution in [1.29, 1.82) is 5.26 Å². The first kappa shape index (κ1) is 14.2. The van der Waals surface area contributed by atoms with Gasteiger partial charge in [-0.1, -0.05) is 11.6 Å². The summed E-state index contributed by atoms with van der Waals surface area (Å²) in [6.07, 6.45) is 0.906. The van der Waals surface area contributed by atoms with E-state index < -0.39 is 0 Å². The second-order valence-electron chi connectivity index (χ2n) is 4.81. The molecule has 0 unspecified atom stereocenters. The summed E-state index contributed by atoms with van der Waals surface area (Å²) in [6, 6.07) is 11.5. The third kappa shape index (κ3) is 2.99. The van der Waals surface area contributed by atoms with Gasteiger partial charge in [-0.05, 0) is 51.8 Å². The Kier molecular flexibility index (Phi) is 4.05. The van der Waals surface area contributed by atoms with Gasteiger partial charge in [0.05, 0.1) is 18.2 Å². The number of nitrogens with one attached hydrogen (secondary N) is 1. The largest absolute Gasteiger partial charge is 0.493 e. The van der Waals surface area contributed by atoms with E-state index in [4.69, 9.17) is 21.6 Å². The number of ether oxygens (including phenoxy) is 1. The van der Waals surface area contributed by atoms with E-state index in [9.17, 15) is 0 Å². The molecule has 3 nitrogen and oxygen atoms in total. The van der Waals surface area contributed by atoms with Crippen LogP contribution >= 0.6 is 27.5 Å². The van der Waals surface area contributed by atoms with Crippen molar-refractivity contribution in [3.8, 4) is 11.8 Å². The van der Waals surface area contributed by atoms with Crippen molar-refractivity contribution < 1.29 is 4.74 Å². The summed E-state index contributed by atoms with van der Waals surface area (Å²) < 4.78 is 6.55. The molecule has 0 radical (unpaired) electrons. The van der Waals surface area contributed by atoms with Crippen molar-refractivity contribution in [2.75, 3.05) is 11.9 Å². The van der Waals surface area contributed by atoms with Gasteiger partial charge in [0, 0.05) is 33.7 Å². The molecule has 3 rings (SSSR count). The highest BCUT2D eigenvalue weighted by Gasteiger charge is 2.17. The van der Waals surface area contributed by atoms with Gasteiger partial charge >= 0.3 is 0 Å². The highest BCUT2D eigenvalue weighted by molar-refractivity contribution is 9.10. The number of anilines is 1. The number of nitriles is 1. The first-order valence-corrected chi connectivity index (χ1v) is 7.72. The Morgan fingerprint density at radius 1 is 1.33 bits per heavy atom. The fourth-order valence-corrected chi connectivity index (χ4v) is 3.18. The van der Waals surface area contributed by atoms with Crippen LogP contribution in [-0.4, -0.2) is 6.61 Å². The van der Waals surface area contributed by atoms with Crippen LogP contribution in [0.2, 0.25) is 5.02 Å². The fraction of sp³-hybridized carbons (Fsp3) is 0.188. The van der Waals surface area contributed by atoms with Crippen LogP contribution in [0.1, 0.15) is 16.7 Å². The second kappa shape index (κ2) is 5.97. The number of benzene rings is 2.